The summed E-state index contributed by atoms with van der Waals surface area (Å²) in [6.07, 6.45) is 10.9. The molecule has 6 atom stereocenters. The molecule has 3 heterocycles. The summed E-state index contributed by atoms with van der Waals surface area (Å²) in [5, 5.41) is 0. The number of piperidine rings is 1. The number of nitrogens with one attached hydrogen (secondary N) is 1. The van der Waals surface area contributed by atoms with Crippen molar-refractivity contribution in [2.75, 3.05) is 31.0 Å². The first kappa shape index (κ1) is 27.0. The van der Waals surface area contributed by atoms with Crippen molar-refractivity contribution in [3.8, 4) is 17.1 Å². The van der Waals surface area contributed by atoms with E-state index in [-0.39, 0.29) is 0 Å². The third-order valence-electron chi connectivity index (χ3n) is 9.87. The number of hydrogen-bond donors (Lipinski definition) is 1. The zero-order valence-electron chi connectivity index (χ0n) is 24.1. The van der Waals surface area contributed by atoms with E-state index in [1.165, 1.54) is 37.9 Å². The van der Waals surface area contributed by atoms with Crippen LogP contribution in [0.15, 0.2) is 65.6 Å². The van der Waals surface area contributed by atoms with Gasteiger partial charge in [-0.25, -0.2) is 4.98 Å². The summed E-state index contributed by atoms with van der Waals surface area (Å²) in [5.74, 6) is 4.29. The van der Waals surface area contributed by atoms with Gasteiger partial charge in [0, 0.05) is 30.6 Å². The number of benzene rings is 2. The number of ether oxygens (including phenoxy) is 1. The van der Waals surface area contributed by atoms with Crippen LogP contribution in [-0.4, -0.2) is 45.7 Å². The molecular weight excluding hydrogens is 528 g/mol. The van der Waals surface area contributed by atoms with Crippen molar-refractivity contribution in [2.24, 2.45) is 29.6 Å². The first-order chi connectivity index (χ1) is 20.0. The maximum Gasteiger partial charge on any atom is 0.269 e. The largest absolute Gasteiger partial charge is 0.588 e. The van der Waals surface area contributed by atoms with Crippen LogP contribution in [0.4, 0.5) is 5.95 Å². The van der Waals surface area contributed by atoms with E-state index >= 15 is 0 Å². The molecule has 6 bridgehead atoms. The van der Waals surface area contributed by atoms with Gasteiger partial charge in [-0.05, 0) is 105 Å². The lowest BCUT2D eigenvalue weighted by molar-refractivity contribution is 0.0629. The van der Waals surface area contributed by atoms with E-state index in [0.717, 1.165) is 64.4 Å². The number of nitrogens with zero attached hydrogens (tertiary/aromatic N) is 3. The molecule has 0 amide bonds. The highest BCUT2D eigenvalue weighted by Crippen LogP contribution is 2.44. The van der Waals surface area contributed by atoms with Gasteiger partial charge in [0.25, 0.3) is 5.95 Å². The Morgan fingerprint density at radius 3 is 2.66 bits per heavy atom. The Morgan fingerprint density at radius 2 is 1.85 bits per heavy atom. The van der Waals surface area contributed by atoms with Gasteiger partial charge in [0.1, 0.15) is 11.4 Å². The molecule has 214 valence electrons. The summed E-state index contributed by atoms with van der Waals surface area (Å²) < 4.78 is 23.0. The molecule has 7 rings (SSSR count). The van der Waals surface area contributed by atoms with Gasteiger partial charge >= 0.3 is 0 Å². The van der Waals surface area contributed by atoms with Gasteiger partial charge in [-0.1, -0.05) is 42.5 Å². The number of likely N-dealkylation sites (tertiary alicyclic amines) is 1. The molecule has 6 nitrogen and oxygen atoms in total. The molecule has 2 fully saturated rings. The minimum Gasteiger partial charge on any atom is -0.588 e. The normalized spacial score (nSPS) is 29.3. The average Bonchev–Trinajstić information content (AvgIpc) is 3.59. The van der Waals surface area contributed by atoms with Crippen molar-refractivity contribution in [3.63, 3.8) is 0 Å². The second-order valence-electron chi connectivity index (χ2n) is 12.7. The lowest BCUT2D eigenvalue weighted by Gasteiger charge is -2.40. The van der Waals surface area contributed by atoms with Crippen LogP contribution in [0, 0.1) is 43.4 Å². The number of hydrogen-bond acceptors (Lipinski definition) is 6. The molecule has 2 aliphatic carbocycles. The van der Waals surface area contributed by atoms with Crippen LogP contribution >= 0.6 is 0 Å². The average molecular weight is 569 g/mol. The second-order valence-corrected chi connectivity index (χ2v) is 13.9. The summed E-state index contributed by atoms with van der Waals surface area (Å²) in [6.45, 7) is 8.28. The predicted octanol–water partition coefficient (Wildman–Crippen LogP) is 6.37. The van der Waals surface area contributed by atoms with Crippen molar-refractivity contribution in [2.45, 2.75) is 50.8 Å². The van der Waals surface area contributed by atoms with Crippen LogP contribution in [0.25, 0.3) is 11.3 Å². The molecule has 4 aliphatic rings. The Morgan fingerprint density at radius 1 is 1.00 bits per heavy atom. The monoisotopic (exact) mass is 568 g/mol. The molecule has 1 saturated heterocycles. The lowest BCUT2D eigenvalue weighted by atomic mass is 9.81. The number of allylic oxidation sites excluding steroid dienone is 2. The maximum absolute atomic E-state index is 13.4. The topological polar surface area (TPSA) is 73.3 Å². The van der Waals surface area contributed by atoms with E-state index < -0.39 is 11.4 Å². The quantitative estimate of drug-likeness (QED) is 0.292. The number of anilines is 1. The highest BCUT2D eigenvalue weighted by atomic mass is 32.2. The van der Waals surface area contributed by atoms with Gasteiger partial charge in [0.2, 0.25) is 5.88 Å². The molecule has 7 heteroatoms. The van der Waals surface area contributed by atoms with E-state index in [0.29, 0.717) is 30.3 Å². The standard InChI is InChI=1S/C34H40N4O2S/c1-22-5-3-6-23(2)33(22)31-18-32-36-34(35-31)37-41(39)30-8-4-7-24(17-30)9-11-26-13-14-38(20-29(26)21-40-32)19-28-16-25-10-12-27(28)15-25/h3-8,10,12,17-18,25-29H,9,11,13-16,19-21H2,1-2H3,(H,35,36,37)/t25?,26?,27?,28?,29-,41?/m1/s1. The van der Waals surface area contributed by atoms with Crippen LogP contribution in [0.3, 0.4) is 0 Å². The highest BCUT2D eigenvalue weighted by Gasteiger charge is 2.38. The van der Waals surface area contributed by atoms with Crippen LogP contribution in [0.2, 0.25) is 0 Å². The molecule has 1 aromatic heterocycles. The molecule has 1 saturated carbocycles. The third-order valence-corrected chi connectivity index (χ3v) is 10.9. The molecule has 1 N–H and O–H groups in total. The van der Waals surface area contributed by atoms with Gasteiger partial charge in [0.15, 0.2) is 4.90 Å². The van der Waals surface area contributed by atoms with Gasteiger partial charge < -0.3 is 14.2 Å². The number of aromatic nitrogens is 2. The van der Waals surface area contributed by atoms with Crippen LogP contribution < -0.4 is 9.46 Å². The van der Waals surface area contributed by atoms with Gasteiger partial charge in [-0.15, -0.1) is 0 Å². The molecule has 41 heavy (non-hydrogen) atoms. The van der Waals surface area contributed by atoms with Crippen molar-refractivity contribution >= 4 is 17.3 Å². The molecule has 2 aromatic carbocycles. The molecule has 0 spiro atoms. The minimum atomic E-state index is -1.48. The molecule has 3 aromatic rings. The fraction of sp³-hybridized carbons (Fsp3) is 0.471. The maximum atomic E-state index is 13.4. The fourth-order valence-electron chi connectivity index (χ4n) is 7.72. The molecular formula is C34H40N4O2S. The summed E-state index contributed by atoms with van der Waals surface area (Å²) >= 11 is -1.48. The smallest absolute Gasteiger partial charge is 0.269 e. The Hall–Kier alpha value is -2.87. The zero-order chi connectivity index (χ0) is 27.9. The number of rotatable bonds is 3. The van der Waals surface area contributed by atoms with E-state index in [1.807, 2.05) is 18.2 Å². The summed E-state index contributed by atoms with van der Waals surface area (Å²) in [4.78, 5) is 13.0. The van der Waals surface area contributed by atoms with Crippen LogP contribution in [0.1, 0.15) is 42.4 Å². The van der Waals surface area contributed by atoms with E-state index in [2.05, 4.69) is 66.0 Å². The number of fused-ring (bicyclic) bond motifs is 7. The number of aryl methyl sites for hydroxylation is 3. The van der Waals surface area contributed by atoms with E-state index in [9.17, 15) is 4.55 Å². The Labute approximate surface area is 246 Å². The van der Waals surface area contributed by atoms with Crippen LogP contribution in [0.5, 0.6) is 5.88 Å². The van der Waals surface area contributed by atoms with Crippen molar-refractivity contribution in [1.82, 2.24) is 14.9 Å². The molecule has 2 aliphatic heterocycles. The second kappa shape index (κ2) is 11.4. The summed E-state index contributed by atoms with van der Waals surface area (Å²) in [6, 6.07) is 16.4. The summed E-state index contributed by atoms with van der Waals surface area (Å²) in [5.41, 5.74) is 5.37. The predicted molar refractivity (Wildman–Crippen MR) is 164 cm³/mol. The van der Waals surface area contributed by atoms with E-state index in [4.69, 9.17) is 14.7 Å². The third kappa shape index (κ3) is 5.77. The summed E-state index contributed by atoms with van der Waals surface area (Å²) in [7, 11) is 0. The Bertz CT molecular complexity index is 1420. The lowest BCUT2D eigenvalue weighted by Crippen LogP contribution is -2.45. The first-order valence-electron chi connectivity index (χ1n) is 15.2. The van der Waals surface area contributed by atoms with Crippen molar-refractivity contribution in [1.29, 1.82) is 0 Å². The fourth-order valence-corrected chi connectivity index (χ4v) is 8.56. The zero-order valence-corrected chi connectivity index (χ0v) is 24.9. The van der Waals surface area contributed by atoms with Crippen molar-refractivity contribution < 1.29 is 9.29 Å². The van der Waals surface area contributed by atoms with Gasteiger partial charge in [0.05, 0.1) is 12.3 Å². The molecule has 5 unspecified atom stereocenters. The minimum absolute atomic E-state index is 0.326. The van der Waals surface area contributed by atoms with Gasteiger partial charge in [-0.3, -0.25) is 0 Å². The van der Waals surface area contributed by atoms with E-state index in [1.54, 1.807) is 0 Å². The Balaban J connectivity index is 1.19. The molecule has 0 radical (unpaired) electrons. The van der Waals surface area contributed by atoms with Gasteiger partial charge in [-0.2, -0.15) is 9.71 Å². The van der Waals surface area contributed by atoms with Crippen molar-refractivity contribution in [3.05, 3.63) is 77.4 Å². The highest BCUT2D eigenvalue weighted by molar-refractivity contribution is 7.92. The SMILES string of the molecule is Cc1cccc(C)c1-c1cc2nc(n1)N[S+]([O-])c1cccc(c1)CCC1CCN(CC3CC4C=CC3C4)C[C@@H]1CO2. The Kier molecular flexibility index (Phi) is 7.52. The van der Waals surface area contributed by atoms with Crippen LogP contribution in [-0.2, 0) is 17.8 Å². The first-order valence-corrected chi connectivity index (χ1v) is 16.4.